The van der Waals surface area contributed by atoms with Crippen LogP contribution in [-0.2, 0) is 0 Å². The van der Waals surface area contributed by atoms with Gasteiger partial charge in [-0.25, -0.2) is 0 Å². The Morgan fingerprint density at radius 2 is 1.00 bits per heavy atom. The number of nitrogens with zero attached hydrogens (tertiary/aromatic N) is 1. The Balaban J connectivity index is 1.11. The zero-order valence-corrected chi connectivity index (χ0v) is 32.8. The number of benzene rings is 10. The molecule has 12 rings (SSSR count). The summed E-state index contributed by atoms with van der Waals surface area (Å²) in [5, 5.41) is 9.53. The Morgan fingerprint density at radius 1 is 0.373 bits per heavy atom. The highest BCUT2D eigenvalue weighted by molar-refractivity contribution is 7.26. The van der Waals surface area contributed by atoms with Gasteiger partial charge in [-0.1, -0.05) is 170 Å². The second-order valence-electron chi connectivity index (χ2n) is 15.2. The van der Waals surface area contributed by atoms with Crippen molar-refractivity contribution in [3.63, 3.8) is 0 Å². The molecule has 0 N–H and O–H groups in total. The molecule has 276 valence electrons. The number of thiophene rings is 1. The summed E-state index contributed by atoms with van der Waals surface area (Å²) in [7, 11) is 0. The molecule has 0 bridgehead atoms. The van der Waals surface area contributed by atoms with Crippen LogP contribution >= 0.6 is 11.3 Å². The average Bonchev–Trinajstić information content (AvgIpc) is 3.88. The Morgan fingerprint density at radius 3 is 1.85 bits per heavy atom. The average molecular weight is 770 g/mol. The maximum absolute atomic E-state index is 7.05. The van der Waals surface area contributed by atoms with Crippen LogP contribution in [0.25, 0.3) is 97.0 Å². The van der Waals surface area contributed by atoms with Gasteiger partial charge in [0.2, 0.25) is 0 Å². The highest BCUT2D eigenvalue weighted by Gasteiger charge is 2.24. The van der Waals surface area contributed by atoms with Crippen LogP contribution in [0.3, 0.4) is 0 Å². The molecule has 0 aliphatic heterocycles. The summed E-state index contributed by atoms with van der Waals surface area (Å²) >= 11 is 1.87. The summed E-state index contributed by atoms with van der Waals surface area (Å²) in [5.41, 5.74) is 12.0. The van der Waals surface area contributed by atoms with Gasteiger partial charge in [-0.2, -0.15) is 0 Å². The number of rotatable bonds is 6. The van der Waals surface area contributed by atoms with Gasteiger partial charge >= 0.3 is 0 Å². The molecule has 59 heavy (non-hydrogen) atoms. The van der Waals surface area contributed by atoms with Crippen molar-refractivity contribution in [2.45, 2.75) is 0 Å². The first-order valence-electron chi connectivity index (χ1n) is 20.1. The molecule has 0 aliphatic carbocycles. The smallest absolute Gasteiger partial charge is 0.160 e. The first-order chi connectivity index (χ1) is 29.3. The van der Waals surface area contributed by atoms with E-state index in [1.54, 1.807) is 0 Å². The summed E-state index contributed by atoms with van der Waals surface area (Å²) < 4.78 is 9.67. The number of hydrogen-bond acceptors (Lipinski definition) is 3. The van der Waals surface area contributed by atoms with Crippen molar-refractivity contribution in [1.29, 1.82) is 0 Å². The van der Waals surface area contributed by atoms with Gasteiger partial charge in [-0.05, 0) is 92.0 Å². The highest BCUT2D eigenvalue weighted by Crippen LogP contribution is 2.49. The predicted molar refractivity (Wildman–Crippen MR) is 253 cm³/mol. The number of furan rings is 1. The molecule has 0 saturated carbocycles. The minimum atomic E-state index is 0.865. The molecule has 0 aliphatic rings. The van der Waals surface area contributed by atoms with E-state index in [-0.39, 0.29) is 0 Å². The second kappa shape index (κ2) is 13.6. The standard InChI is InChI=1S/C56H35NOS/c1-2-14-36(15-3-1)43-20-8-9-21-44(43)39-18-12-19-42(34-39)57(41-31-28-38(29-32-41)47-25-13-26-49-48-24-10-11-27-52(48)59-56(47)49)54-46-23-7-5-17-40(46)35-50-53-45-22-6-4-16-37(45)30-33-51(53)58-55(50)54/h1-35H. The number of hydrogen-bond donors (Lipinski definition) is 0. The summed E-state index contributed by atoms with van der Waals surface area (Å²) in [6.07, 6.45) is 0. The van der Waals surface area contributed by atoms with Crippen LogP contribution in [0.5, 0.6) is 0 Å². The van der Waals surface area contributed by atoms with E-state index in [1.807, 2.05) is 11.3 Å². The third-order valence-electron chi connectivity index (χ3n) is 11.8. The third kappa shape index (κ3) is 5.47. The molecule has 0 fully saturated rings. The highest BCUT2D eigenvalue weighted by atomic mass is 32.1. The van der Waals surface area contributed by atoms with E-state index in [4.69, 9.17) is 4.42 Å². The second-order valence-corrected chi connectivity index (χ2v) is 16.3. The largest absolute Gasteiger partial charge is 0.454 e. The van der Waals surface area contributed by atoms with E-state index >= 15 is 0 Å². The zero-order chi connectivity index (χ0) is 38.9. The first-order valence-corrected chi connectivity index (χ1v) is 20.9. The van der Waals surface area contributed by atoms with Gasteiger partial charge < -0.3 is 9.32 Å². The zero-order valence-electron chi connectivity index (χ0n) is 32.0. The lowest BCUT2D eigenvalue weighted by Gasteiger charge is -2.28. The van der Waals surface area contributed by atoms with Crippen LogP contribution in [0.1, 0.15) is 0 Å². The first kappa shape index (κ1) is 33.7. The normalized spacial score (nSPS) is 11.7. The predicted octanol–water partition coefficient (Wildman–Crippen LogP) is 16.7. The molecule has 0 spiro atoms. The van der Waals surface area contributed by atoms with Crippen molar-refractivity contribution in [1.82, 2.24) is 0 Å². The SMILES string of the molecule is c1ccc(-c2ccccc2-c2cccc(N(c3ccc(-c4cccc5c4sc4ccccc45)cc3)c3c4ccccc4cc4c3oc3ccc5ccccc5c34)c2)cc1. The minimum absolute atomic E-state index is 0.865. The van der Waals surface area contributed by atoms with Crippen molar-refractivity contribution >= 4 is 92.1 Å². The van der Waals surface area contributed by atoms with Crippen LogP contribution in [0.2, 0.25) is 0 Å². The van der Waals surface area contributed by atoms with Crippen LogP contribution in [0, 0.1) is 0 Å². The van der Waals surface area contributed by atoms with Gasteiger partial charge in [0, 0.05) is 47.7 Å². The summed E-state index contributed by atoms with van der Waals surface area (Å²) in [6, 6.07) is 76.8. The molecule has 2 nitrogen and oxygen atoms in total. The van der Waals surface area contributed by atoms with E-state index in [1.165, 1.54) is 58.8 Å². The van der Waals surface area contributed by atoms with Crippen molar-refractivity contribution in [3.8, 4) is 33.4 Å². The van der Waals surface area contributed by atoms with Gasteiger partial charge in [0.1, 0.15) is 5.58 Å². The molecule has 0 saturated heterocycles. The maximum Gasteiger partial charge on any atom is 0.160 e. The minimum Gasteiger partial charge on any atom is -0.454 e. The molecule has 0 atom stereocenters. The van der Waals surface area contributed by atoms with E-state index in [2.05, 4.69) is 217 Å². The topological polar surface area (TPSA) is 16.4 Å². The van der Waals surface area contributed by atoms with Gasteiger partial charge in [-0.3, -0.25) is 0 Å². The maximum atomic E-state index is 7.05. The van der Waals surface area contributed by atoms with Crippen LogP contribution in [0.4, 0.5) is 17.1 Å². The number of anilines is 3. The van der Waals surface area contributed by atoms with Gasteiger partial charge in [0.25, 0.3) is 0 Å². The van der Waals surface area contributed by atoms with Gasteiger partial charge in [-0.15, -0.1) is 11.3 Å². The monoisotopic (exact) mass is 769 g/mol. The fourth-order valence-corrected chi connectivity index (χ4v) is 10.4. The Labute approximate surface area is 345 Å². The van der Waals surface area contributed by atoms with E-state index in [0.717, 1.165) is 55.3 Å². The number of fused-ring (bicyclic) bond motifs is 9. The van der Waals surface area contributed by atoms with Gasteiger partial charge in [0.15, 0.2) is 5.58 Å². The molecule has 3 heteroatoms. The third-order valence-corrected chi connectivity index (χ3v) is 13.1. The van der Waals surface area contributed by atoms with Crippen molar-refractivity contribution in [2.75, 3.05) is 4.90 Å². The lowest BCUT2D eigenvalue weighted by atomic mass is 9.94. The van der Waals surface area contributed by atoms with Crippen LogP contribution < -0.4 is 4.90 Å². The fraction of sp³-hybridized carbons (Fsp3) is 0. The Hall–Kier alpha value is -7.46. The van der Waals surface area contributed by atoms with Crippen LogP contribution in [0.15, 0.2) is 217 Å². The van der Waals surface area contributed by atoms with E-state index < -0.39 is 0 Å². The molecular formula is C56H35NOS. The van der Waals surface area contributed by atoms with Crippen molar-refractivity contribution in [2.24, 2.45) is 0 Å². The summed E-state index contributed by atoms with van der Waals surface area (Å²) in [6.45, 7) is 0. The molecule has 10 aromatic carbocycles. The molecule has 0 unspecified atom stereocenters. The summed E-state index contributed by atoms with van der Waals surface area (Å²) in [4.78, 5) is 2.41. The van der Waals surface area contributed by atoms with E-state index in [0.29, 0.717) is 0 Å². The fourth-order valence-electron chi connectivity index (χ4n) is 9.13. The molecule has 0 radical (unpaired) electrons. The molecular weight excluding hydrogens is 735 g/mol. The van der Waals surface area contributed by atoms with Crippen LogP contribution in [-0.4, -0.2) is 0 Å². The molecule has 2 heterocycles. The Bertz CT molecular complexity index is 3560. The lowest BCUT2D eigenvalue weighted by molar-refractivity contribution is 0.670. The quantitative estimate of drug-likeness (QED) is 0.167. The lowest BCUT2D eigenvalue weighted by Crippen LogP contribution is -2.11. The van der Waals surface area contributed by atoms with Crippen molar-refractivity contribution in [3.05, 3.63) is 212 Å². The summed E-state index contributed by atoms with van der Waals surface area (Å²) in [5.74, 6) is 0. The van der Waals surface area contributed by atoms with Crippen molar-refractivity contribution < 1.29 is 4.42 Å². The van der Waals surface area contributed by atoms with Gasteiger partial charge in [0.05, 0.1) is 5.69 Å². The molecule has 0 amide bonds. The Kier molecular flexibility index (Phi) is 7.75. The molecule has 12 aromatic rings. The molecule has 2 aromatic heterocycles. The van der Waals surface area contributed by atoms with E-state index in [9.17, 15) is 0 Å².